The minimum Gasteiger partial charge on any atom is -0.368 e. The lowest BCUT2D eigenvalue weighted by Crippen LogP contribution is -2.41. The molecule has 1 fully saturated rings. The summed E-state index contributed by atoms with van der Waals surface area (Å²) < 4.78 is 0. The fourth-order valence-electron chi connectivity index (χ4n) is 2.35. The Bertz CT molecular complexity index is 364. The molecule has 92 valence electrons. The van der Waals surface area contributed by atoms with E-state index in [4.69, 9.17) is 4.84 Å². The predicted molar refractivity (Wildman–Crippen MR) is 66.3 cm³/mol. The van der Waals surface area contributed by atoms with Crippen molar-refractivity contribution in [3.8, 4) is 0 Å². The highest BCUT2D eigenvalue weighted by Crippen LogP contribution is 2.20. The summed E-state index contributed by atoms with van der Waals surface area (Å²) in [6.45, 7) is 2.32. The molecule has 0 bridgehead atoms. The number of hydrogen-bond donors (Lipinski definition) is 0. The molecule has 0 amide bonds. The van der Waals surface area contributed by atoms with E-state index >= 15 is 0 Å². The SMILES string of the molecule is CC(=O)ON1CCCCC1Cc1ccccc1. The average molecular weight is 233 g/mol. The van der Waals surface area contributed by atoms with E-state index in [0.717, 1.165) is 25.8 Å². The Morgan fingerprint density at radius 2 is 2.12 bits per heavy atom. The van der Waals surface area contributed by atoms with Crippen LogP contribution in [0.15, 0.2) is 30.3 Å². The molecule has 0 N–H and O–H groups in total. The predicted octanol–water partition coefficient (Wildman–Crippen LogP) is 2.56. The van der Waals surface area contributed by atoms with Crippen molar-refractivity contribution in [1.29, 1.82) is 0 Å². The molecule has 1 aromatic rings. The number of carbonyl (C=O) groups is 1. The zero-order chi connectivity index (χ0) is 12.1. The van der Waals surface area contributed by atoms with E-state index in [0.29, 0.717) is 6.04 Å². The van der Waals surface area contributed by atoms with Gasteiger partial charge in [0, 0.05) is 13.5 Å². The number of benzene rings is 1. The van der Waals surface area contributed by atoms with Crippen LogP contribution in [0.2, 0.25) is 0 Å². The number of piperidine rings is 1. The lowest BCUT2D eigenvalue weighted by atomic mass is 9.97. The van der Waals surface area contributed by atoms with Gasteiger partial charge in [-0.15, -0.1) is 5.06 Å². The van der Waals surface area contributed by atoms with Crippen molar-refractivity contribution >= 4 is 5.97 Å². The zero-order valence-electron chi connectivity index (χ0n) is 10.3. The molecule has 0 aromatic heterocycles. The molecular weight excluding hydrogens is 214 g/mol. The van der Waals surface area contributed by atoms with Gasteiger partial charge in [0.15, 0.2) is 0 Å². The van der Waals surface area contributed by atoms with E-state index in [1.165, 1.54) is 18.9 Å². The van der Waals surface area contributed by atoms with E-state index in [9.17, 15) is 4.79 Å². The zero-order valence-corrected chi connectivity index (χ0v) is 10.3. The van der Waals surface area contributed by atoms with Gasteiger partial charge in [0.1, 0.15) is 0 Å². The Hall–Kier alpha value is -1.35. The molecule has 1 atom stereocenters. The van der Waals surface area contributed by atoms with Crippen LogP contribution < -0.4 is 0 Å². The van der Waals surface area contributed by atoms with Crippen molar-refractivity contribution in [2.24, 2.45) is 0 Å². The lowest BCUT2D eigenvalue weighted by molar-refractivity contribution is -0.205. The minimum atomic E-state index is -0.218. The number of carbonyl (C=O) groups excluding carboxylic acids is 1. The second kappa shape index (κ2) is 5.82. The van der Waals surface area contributed by atoms with Crippen molar-refractivity contribution < 1.29 is 9.63 Å². The van der Waals surface area contributed by atoms with Crippen molar-refractivity contribution in [3.63, 3.8) is 0 Å². The highest BCUT2D eigenvalue weighted by molar-refractivity contribution is 5.65. The molecule has 0 spiro atoms. The number of hydroxylamine groups is 2. The lowest BCUT2D eigenvalue weighted by Gasteiger charge is -2.33. The molecule has 1 aliphatic rings. The monoisotopic (exact) mass is 233 g/mol. The topological polar surface area (TPSA) is 29.5 Å². The molecular formula is C14H19NO2. The van der Waals surface area contributed by atoms with Gasteiger partial charge in [-0.3, -0.25) is 4.79 Å². The third-order valence-corrected chi connectivity index (χ3v) is 3.13. The highest BCUT2D eigenvalue weighted by atomic mass is 16.7. The molecule has 3 heteroatoms. The van der Waals surface area contributed by atoms with Crippen LogP contribution >= 0.6 is 0 Å². The molecule has 0 aliphatic carbocycles. The van der Waals surface area contributed by atoms with Crippen LogP contribution in [0.5, 0.6) is 0 Å². The molecule has 1 saturated heterocycles. The van der Waals surface area contributed by atoms with Crippen molar-refractivity contribution in [1.82, 2.24) is 5.06 Å². The summed E-state index contributed by atoms with van der Waals surface area (Å²) in [6, 6.07) is 10.7. The Morgan fingerprint density at radius 3 is 2.82 bits per heavy atom. The second-order valence-corrected chi connectivity index (χ2v) is 4.56. The summed E-state index contributed by atoms with van der Waals surface area (Å²) in [6.07, 6.45) is 4.38. The third-order valence-electron chi connectivity index (χ3n) is 3.13. The van der Waals surface area contributed by atoms with Crippen molar-refractivity contribution in [3.05, 3.63) is 35.9 Å². The summed E-state index contributed by atoms with van der Waals surface area (Å²) in [7, 11) is 0. The van der Waals surface area contributed by atoms with Crippen LogP contribution in [0.4, 0.5) is 0 Å². The van der Waals surface area contributed by atoms with Crippen LogP contribution in [0, 0.1) is 0 Å². The normalized spacial score (nSPS) is 21.1. The maximum Gasteiger partial charge on any atom is 0.322 e. The number of rotatable bonds is 3. The third kappa shape index (κ3) is 3.56. The molecule has 3 nitrogen and oxygen atoms in total. The number of nitrogens with zero attached hydrogens (tertiary/aromatic N) is 1. The molecule has 17 heavy (non-hydrogen) atoms. The first-order valence-corrected chi connectivity index (χ1v) is 6.25. The summed E-state index contributed by atoms with van der Waals surface area (Å²) in [5.74, 6) is -0.218. The molecule has 2 rings (SSSR count). The summed E-state index contributed by atoms with van der Waals surface area (Å²) >= 11 is 0. The van der Waals surface area contributed by atoms with Crippen LogP contribution in [-0.4, -0.2) is 23.6 Å². The van der Waals surface area contributed by atoms with Crippen LogP contribution in [0.25, 0.3) is 0 Å². The average Bonchev–Trinajstić information content (AvgIpc) is 2.32. The highest BCUT2D eigenvalue weighted by Gasteiger charge is 2.24. The standard InChI is InChI=1S/C14H19NO2/c1-12(16)17-15-10-6-5-9-14(15)11-13-7-3-2-4-8-13/h2-4,7-8,14H,5-6,9-11H2,1H3. The van der Waals surface area contributed by atoms with Crippen molar-refractivity contribution in [2.45, 2.75) is 38.6 Å². The first-order chi connectivity index (χ1) is 8.25. The van der Waals surface area contributed by atoms with Crippen LogP contribution in [0.1, 0.15) is 31.7 Å². The maximum atomic E-state index is 11.0. The smallest absolute Gasteiger partial charge is 0.322 e. The van der Waals surface area contributed by atoms with E-state index < -0.39 is 0 Å². The van der Waals surface area contributed by atoms with Gasteiger partial charge in [0.2, 0.25) is 0 Å². The van der Waals surface area contributed by atoms with E-state index in [1.807, 2.05) is 23.3 Å². The Kier molecular flexibility index (Phi) is 4.15. The first-order valence-electron chi connectivity index (χ1n) is 6.25. The summed E-state index contributed by atoms with van der Waals surface area (Å²) in [4.78, 5) is 16.3. The van der Waals surface area contributed by atoms with E-state index in [2.05, 4.69) is 12.1 Å². The first kappa shape index (κ1) is 12.1. The van der Waals surface area contributed by atoms with Crippen molar-refractivity contribution in [2.75, 3.05) is 6.54 Å². The van der Waals surface area contributed by atoms with Crippen LogP contribution in [-0.2, 0) is 16.1 Å². The van der Waals surface area contributed by atoms with Crippen LogP contribution in [0.3, 0.4) is 0 Å². The molecule has 1 unspecified atom stereocenters. The largest absolute Gasteiger partial charge is 0.368 e. The summed E-state index contributed by atoms with van der Waals surface area (Å²) in [5.41, 5.74) is 1.30. The quantitative estimate of drug-likeness (QED) is 0.803. The van der Waals surface area contributed by atoms with Gasteiger partial charge in [-0.25, -0.2) is 0 Å². The minimum absolute atomic E-state index is 0.218. The second-order valence-electron chi connectivity index (χ2n) is 4.56. The molecule has 0 saturated carbocycles. The molecule has 0 radical (unpaired) electrons. The maximum absolute atomic E-state index is 11.0. The van der Waals surface area contributed by atoms with Gasteiger partial charge >= 0.3 is 5.97 Å². The fourth-order valence-corrected chi connectivity index (χ4v) is 2.35. The van der Waals surface area contributed by atoms with Gasteiger partial charge in [-0.2, -0.15) is 0 Å². The molecule has 1 aliphatic heterocycles. The van der Waals surface area contributed by atoms with Gasteiger partial charge in [-0.05, 0) is 24.8 Å². The van der Waals surface area contributed by atoms with E-state index in [-0.39, 0.29) is 5.97 Å². The Labute approximate surface area is 102 Å². The van der Waals surface area contributed by atoms with Gasteiger partial charge in [0.05, 0.1) is 6.04 Å². The Balaban J connectivity index is 1.99. The van der Waals surface area contributed by atoms with Gasteiger partial charge < -0.3 is 4.84 Å². The van der Waals surface area contributed by atoms with Gasteiger partial charge in [0.25, 0.3) is 0 Å². The van der Waals surface area contributed by atoms with Gasteiger partial charge in [-0.1, -0.05) is 36.8 Å². The van der Waals surface area contributed by atoms with E-state index in [1.54, 1.807) is 0 Å². The summed E-state index contributed by atoms with van der Waals surface area (Å²) in [5, 5.41) is 1.86. The molecule has 1 aromatic carbocycles. The molecule has 1 heterocycles. The number of hydrogen-bond acceptors (Lipinski definition) is 3. The fraction of sp³-hybridized carbons (Fsp3) is 0.500. The Morgan fingerprint density at radius 1 is 1.35 bits per heavy atom.